The van der Waals surface area contributed by atoms with Gasteiger partial charge >= 0.3 is 0 Å². The van der Waals surface area contributed by atoms with Crippen molar-refractivity contribution in [2.45, 2.75) is 52.7 Å². The lowest BCUT2D eigenvalue weighted by atomic mass is 10.1. The first-order valence-electron chi connectivity index (χ1n) is 6.51. The van der Waals surface area contributed by atoms with Gasteiger partial charge in [-0.3, -0.25) is 0 Å². The number of rotatable bonds is 4. The summed E-state index contributed by atoms with van der Waals surface area (Å²) in [7, 11) is 0. The molecule has 1 N–H and O–H groups in total. The molecule has 0 saturated carbocycles. The van der Waals surface area contributed by atoms with Crippen molar-refractivity contribution in [2.24, 2.45) is 5.92 Å². The molecule has 0 aliphatic carbocycles. The average Bonchev–Trinajstić information content (AvgIpc) is 2.82. The molecule has 0 radical (unpaired) electrons. The maximum Gasteiger partial charge on any atom is 0.185 e. The molecule has 1 aliphatic rings. The second kappa shape index (κ2) is 5.36. The number of nitrogens with one attached hydrogen (secondary N) is 1. The standard InChI is InChI=1S/C13H23N3S/c1-9(2)14-6-12-7-15-13(17-12)16-8-10(3)5-11(16)4/h7,9-11,14H,5-6,8H2,1-4H3. The zero-order chi connectivity index (χ0) is 12.4. The molecule has 2 atom stereocenters. The van der Waals surface area contributed by atoms with Crippen LogP contribution in [0.5, 0.6) is 0 Å². The Morgan fingerprint density at radius 2 is 2.29 bits per heavy atom. The molecule has 0 bridgehead atoms. The number of hydrogen-bond acceptors (Lipinski definition) is 4. The van der Waals surface area contributed by atoms with Gasteiger partial charge in [-0.2, -0.15) is 0 Å². The summed E-state index contributed by atoms with van der Waals surface area (Å²) in [5, 5.41) is 4.63. The van der Waals surface area contributed by atoms with E-state index in [-0.39, 0.29) is 0 Å². The minimum Gasteiger partial charge on any atom is -0.345 e. The van der Waals surface area contributed by atoms with Gasteiger partial charge in [0, 0.05) is 36.2 Å². The van der Waals surface area contributed by atoms with E-state index in [9.17, 15) is 0 Å². The predicted octanol–water partition coefficient (Wildman–Crippen LogP) is 2.88. The molecule has 96 valence electrons. The van der Waals surface area contributed by atoms with Crippen LogP contribution in [0.2, 0.25) is 0 Å². The lowest BCUT2D eigenvalue weighted by Gasteiger charge is -2.19. The molecule has 1 aromatic rings. The zero-order valence-electron chi connectivity index (χ0n) is 11.2. The van der Waals surface area contributed by atoms with Crippen LogP contribution in [0.25, 0.3) is 0 Å². The van der Waals surface area contributed by atoms with Crippen molar-refractivity contribution in [3.05, 3.63) is 11.1 Å². The van der Waals surface area contributed by atoms with Gasteiger partial charge in [-0.05, 0) is 19.3 Å². The lowest BCUT2D eigenvalue weighted by Crippen LogP contribution is -2.26. The molecular formula is C13H23N3S. The quantitative estimate of drug-likeness (QED) is 0.894. The topological polar surface area (TPSA) is 28.2 Å². The fourth-order valence-corrected chi connectivity index (χ4v) is 3.36. The zero-order valence-corrected chi connectivity index (χ0v) is 12.0. The molecule has 0 aromatic carbocycles. The van der Waals surface area contributed by atoms with Gasteiger partial charge in [-0.25, -0.2) is 4.98 Å². The van der Waals surface area contributed by atoms with E-state index in [1.54, 1.807) is 0 Å². The van der Waals surface area contributed by atoms with Gasteiger partial charge in [0.25, 0.3) is 0 Å². The number of thiazole rings is 1. The summed E-state index contributed by atoms with van der Waals surface area (Å²) in [5.74, 6) is 0.797. The van der Waals surface area contributed by atoms with Gasteiger partial charge in [0.15, 0.2) is 5.13 Å². The minimum atomic E-state index is 0.534. The van der Waals surface area contributed by atoms with Crippen LogP contribution < -0.4 is 10.2 Å². The summed E-state index contributed by atoms with van der Waals surface area (Å²) < 4.78 is 0. The van der Waals surface area contributed by atoms with Crippen LogP contribution in [0.4, 0.5) is 5.13 Å². The van der Waals surface area contributed by atoms with Crippen LogP contribution in [0.3, 0.4) is 0 Å². The van der Waals surface area contributed by atoms with E-state index in [4.69, 9.17) is 0 Å². The van der Waals surface area contributed by atoms with Crippen molar-refractivity contribution in [2.75, 3.05) is 11.4 Å². The second-order valence-corrected chi connectivity index (χ2v) is 6.58. The van der Waals surface area contributed by atoms with Gasteiger partial charge < -0.3 is 10.2 Å². The molecule has 17 heavy (non-hydrogen) atoms. The Hall–Kier alpha value is -0.610. The van der Waals surface area contributed by atoms with Gasteiger partial charge in [-0.1, -0.05) is 20.8 Å². The van der Waals surface area contributed by atoms with Gasteiger partial charge in [0.1, 0.15) is 0 Å². The van der Waals surface area contributed by atoms with Crippen LogP contribution in [0.1, 0.15) is 39.0 Å². The fraction of sp³-hybridized carbons (Fsp3) is 0.769. The summed E-state index contributed by atoms with van der Waals surface area (Å²) >= 11 is 1.83. The largest absolute Gasteiger partial charge is 0.345 e. The normalized spacial score (nSPS) is 24.9. The highest BCUT2D eigenvalue weighted by molar-refractivity contribution is 7.15. The summed E-state index contributed by atoms with van der Waals surface area (Å²) in [6.07, 6.45) is 3.31. The van der Waals surface area contributed by atoms with Gasteiger partial charge in [-0.15, -0.1) is 11.3 Å². The molecule has 1 aromatic heterocycles. The van der Waals surface area contributed by atoms with Crippen LogP contribution in [-0.4, -0.2) is 23.6 Å². The van der Waals surface area contributed by atoms with E-state index in [1.165, 1.54) is 16.4 Å². The van der Waals surface area contributed by atoms with E-state index in [0.29, 0.717) is 12.1 Å². The summed E-state index contributed by atoms with van der Waals surface area (Å²) in [5.41, 5.74) is 0. The van der Waals surface area contributed by atoms with E-state index >= 15 is 0 Å². The van der Waals surface area contributed by atoms with Crippen molar-refractivity contribution >= 4 is 16.5 Å². The van der Waals surface area contributed by atoms with Crippen molar-refractivity contribution in [3.63, 3.8) is 0 Å². The van der Waals surface area contributed by atoms with Crippen molar-refractivity contribution < 1.29 is 0 Å². The number of hydrogen-bond donors (Lipinski definition) is 1. The predicted molar refractivity (Wildman–Crippen MR) is 74.7 cm³/mol. The van der Waals surface area contributed by atoms with Crippen LogP contribution >= 0.6 is 11.3 Å². The first-order chi connectivity index (χ1) is 8.06. The molecule has 0 amide bonds. The smallest absolute Gasteiger partial charge is 0.185 e. The first-order valence-corrected chi connectivity index (χ1v) is 7.32. The average molecular weight is 253 g/mol. The van der Waals surface area contributed by atoms with Crippen LogP contribution in [0.15, 0.2) is 6.20 Å². The number of aromatic nitrogens is 1. The number of nitrogens with zero attached hydrogens (tertiary/aromatic N) is 2. The Morgan fingerprint density at radius 3 is 2.88 bits per heavy atom. The van der Waals surface area contributed by atoms with Crippen LogP contribution in [-0.2, 0) is 6.54 Å². The lowest BCUT2D eigenvalue weighted by molar-refractivity contribution is 0.593. The number of anilines is 1. The third kappa shape index (κ3) is 3.19. The molecule has 1 saturated heterocycles. The second-order valence-electron chi connectivity index (χ2n) is 5.49. The van der Waals surface area contributed by atoms with Crippen molar-refractivity contribution in [1.29, 1.82) is 0 Å². The Balaban J connectivity index is 1.98. The summed E-state index contributed by atoms with van der Waals surface area (Å²) in [6.45, 7) is 11.1. The molecule has 3 nitrogen and oxygen atoms in total. The van der Waals surface area contributed by atoms with Crippen LogP contribution in [0, 0.1) is 5.92 Å². The van der Waals surface area contributed by atoms with Gasteiger partial charge in [0.2, 0.25) is 0 Å². The van der Waals surface area contributed by atoms with Gasteiger partial charge in [0.05, 0.1) is 0 Å². The maximum atomic E-state index is 4.57. The Morgan fingerprint density at radius 1 is 1.53 bits per heavy atom. The molecule has 0 spiro atoms. The summed E-state index contributed by atoms with van der Waals surface area (Å²) in [4.78, 5) is 8.35. The molecule has 1 fully saturated rings. The third-order valence-electron chi connectivity index (χ3n) is 3.26. The highest BCUT2D eigenvalue weighted by Crippen LogP contribution is 2.31. The highest BCUT2D eigenvalue weighted by Gasteiger charge is 2.27. The fourth-order valence-electron chi connectivity index (χ4n) is 2.38. The minimum absolute atomic E-state index is 0.534. The van der Waals surface area contributed by atoms with Crippen molar-refractivity contribution in [1.82, 2.24) is 10.3 Å². The molecule has 2 heterocycles. The Bertz CT molecular complexity index is 361. The first kappa shape index (κ1) is 12.8. The Labute approximate surface area is 108 Å². The Kier molecular flexibility index (Phi) is 4.05. The van der Waals surface area contributed by atoms with Crippen molar-refractivity contribution in [3.8, 4) is 0 Å². The molecule has 1 aliphatic heterocycles. The van der Waals surface area contributed by atoms with E-state index in [1.807, 2.05) is 17.5 Å². The molecular weight excluding hydrogens is 230 g/mol. The third-order valence-corrected chi connectivity index (χ3v) is 4.29. The highest BCUT2D eigenvalue weighted by atomic mass is 32.1. The molecule has 2 rings (SSSR count). The SMILES string of the molecule is CC1CC(C)N(c2ncc(CNC(C)C)s2)C1. The maximum absolute atomic E-state index is 4.57. The summed E-state index contributed by atoms with van der Waals surface area (Å²) in [6, 6.07) is 1.17. The monoisotopic (exact) mass is 253 g/mol. The van der Waals surface area contributed by atoms with E-state index in [2.05, 4.69) is 42.9 Å². The van der Waals surface area contributed by atoms with E-state index in [0.717, 1.165) is 19.0 Å². The molecule has 2 unspecified atom stereocenters. The van der Waals surface area contributed by atoms with E-state index < -0.39 is 0 Å². The molecule has 4 heteroatoms.